The molecule has 0 fully saturated rings. The van der Waals surface area contributed by atoms with Crippen molar-refractivity contribution in [1.29, 1.82) is 0 Å². The van der Waals surface area contributed by atoms with Crippen LogP contribution < -0.4 is 5.32 Å². The lowest BCUT2D eigenvalue weighted by atomic mass is 9.87. The SMILES string of the molecule is CC[C@H](C)C(C)(C)NC(=O)O[C@H](C)c1ccccc1Cl. The molecular formula is C16H24ClNO2. The van der Waals surface area contributed by atoms with E-state index in [1.807, 2.05) is 39.0 Å². The van der Waals surface area contributed by atoms with Crippen LogP contribution in [0.5, 0.6) is 0 Å². The van der Waals surface area contributed by atoms with E-state index in [4.69, 9.17) is 16.3 Å². The van der Waals surface area contributed by atoms with Crippen molar-refractivity contribution in [3.63, 3.8) is 0 Å². The van der Waals surface area contributed by atoms with Crippen molar-refractivity contribution in [1.82, 2.24) is 5.32 Å². The topological polar surface area (TPSA) is 38.3 Å². The molecule has 1 amide bonds. The molecule has 1 N–H and O–H groups in total. The molecule has 2 atom stereocenters. The highest BCUT2D eigenvalue weighted by atomic mass is 35.5. The predicted molar refractivity (Wildman–Crippen MR) is 83.0 cm³/mol. The molecule has 20 heavy (non-hydrogen) atoms. The Morgan fingerprint density at radius 2 is 1.95 bits per heavy atom. The summed E-state index contributed by atoms with van der Waals surface area (Å²) in [5.41, 5.74) is 0.511. The smallest absolute Gasteiger partial charge is 0.408 e. The predicted octanol–water partition coefficient (Wildman–Crippen LogP) is 4.95. The van der Waals surface area contributed by atoms with Crippen molar-refractivity contribution < 1.29 is 9.53 Å². The molecule has 0 bridgehead atoms. The molecule has 0 unspecified atom stereocenters. The van der Waals surface area contributed by atoms with Crippen molar-refractivity contribution in [3.05, 3.63) is 34.9 Å². The van der Waals surface area contributed by atoms with E-state index in [0.717, 1.165) is 12.0 Å². The van der Waals surface area contributed by atoms with E-state index in [1.54, 1.807) is 6.07 Å². The first kappa shape index (κ1) is 16.8. The standard InChI is InChI=1S/C16H24ClNO2/c1-6-11(2)16(4,5)18-15(19)20-12(3)13-9-7-8-10-14(13)17/h7-12H,6H2,1-5H3,(H,18,19)/t11-,12+/m0/s1. The first-order chi connectivity index (χ1) is 9.27. The molecule has 1 aromatic carbocycles. The number of alkyl carbamates (subject to hydrolysis) is 1. The molecule has 0 heterocycles. The molecule has 0 aromatic heterocycles. The van der Waals surface area contributed by atoms with Crippen LogP contribution in [0.15, 0.2) is 24.3 Å². The Morgan fingerprint density at radius 1 is 1.35 bits per heavy atom. The molecule has 112 valence electrons. The van der Waals surface area contributed by atoms with Gasteiger partial charge in [0.1, 0.15) is 6.10 Å². The van der Waals surface area contributed by atoms with Crippen LogP contribution in [0.1, 0.15) is 52.7 Å². The number of hydrogen-bond acceptors (Lipinski definition) is 2. The van der Waals surface area contributed by atoms with Gasteiger partial charge in [0.2, 0.25) is 0 Å². The fourth-order valence-electron chi connectivity index (χ4n) is 1.95. The summed E-state index contributed by atoms with van der Waals surface area (Å²) in [6, 6.07) is 7.38. The molecule has 0 aliphatic heterocycles. The van der Waals surface area contributed by atoms with Gasteiger partial charge in [0, 0.05) is 16.1 Å². The Bertz CT molecular complexity index is 460. The van der Waals surface area contributed by atoms with Gasteiger partial charge in [-0.25, -0.2) is 4.79 Å². The second-order valence-corrected chi connectivity index (χ2v) is 6.13. The van der Waals surface area contributed by atoms with E-state index in [-0.39, 0.29) is 11.6 Å². The number of carbonyl (C=O) groups is 1. The van der Waals surface area contributed by atoms with Gasteiger partial charge in [-0.3, -0.25) is 0 Å². The molecule has 0 spiro atoms. The lowest BCUT2D eigenvalue weighted by molar-refractivity contribution is 0.0930. The fourth-order valence-corrected chi connectivity index (χ4v) is 2.24. The zero-order chi connectivity index (χ0) is 15.3. The van der Waals surface area contributed by atoms with Gasteiger partial charge in [-0.1, -0.05) is 50.1 Å². The Balaban J connectivity index is 2.65. The van der Waals surface area contributed by atoms with Crippen LogP contribution in [0.3, 0.4) is 0 Å². The zero-order valence-corrected chi connectivity index (χ0v) is 13.6. The summed E-state index contributed by atoms with van der Waals surface area (Å²) in [4.78, 5) is 12.0. The van der Waals surface area contributed by atoms with Crippen LogP contribution in [0.4, 0.5) is 4.79 Å². The minimum absolute atomic E-state index is 0.300. The van der Waals surface area contributed by atoms with Crippen molar-refractivity contribution in [2.75, 3.05) is 0 Å². The Kier molecular flexibility index (Phi) is 5.88. The lowest BCUT2D eigenvalue weighted by Gasteiger charge is -2.32. The second-order valence-electron chi connectivity index (χ2n) is 5.73. The van der Waals surface area contributed by atoms with Gasteiger partial charge in [-0.15, -0.1) is 0 Å². The zero-order valence-electron chi connectivity index (χ0n) is 12.9. The Labute approximate surface area is 126 Å². The summed E-state index contributed by atoms with van der Waals surface area (Å²) in [5.74, 6) is 0.366. The van der Waals surface area contributed by atoms with Crippen LogP contribution in [0.25, 0.3) is 0 Å². The molecule has 4 heteroatoms. The number of rotatable bonds is 5. The van der Waals surface area contributed by atoms with Crippen molar-refractivity contribution in [3.8, 4) is 0 Å². The van der Waals surface area contributed by atoms with Gasteiger partial charge in [0.25, 0.3) is 0 Å². The minimum Gasteiger partial charge on any atom is -0.442 e. The van der Waals surface area contributed by atoms with Gasteiger partial charge >= 0.3 is 6.09 Å². The monoisotopic (exact) mass is 297 g/mol. The van der Waals surface area contributed by atoms with Gasteiger partial charge in [0.05, 0.1) is 0 Å². The third-order valence-corrected chi connectivity index (χ3v) is 4.24. The first-order valence-electron chi connectivity index (χ1n) is 7.01. The molecule has 0 radical (unpaired) electrons. The van der Waals surface area contributed by atoms with Crippen molar-refractivity contribution >= 4 is 17.7 Å². The number of carbonyl (C=O) groups excluding carboxylic acids is 1. The third-order valence-electron chi connectivity index (χ3n) is 3.90. The number of benzene rings is 1. The molecule has 1 rings (SSSR count). The molecule has 1 aromatic rings. The van der Waals surface area contributed by atoms with Crippen molar-refractivity contribution in [2.24, 2.45) is 5.92 Å². The van der Waals surface area contributed by atoms with Crippen LogP contribution in [0.2, 0.25) is 5.02 Å². The average Bonchev–Trinajstić information content (AvgIpc) is 2.37. The third kappa shape index (κ3) is 4.41. The highest BCUT2D eigenvalue weighted by molar-refractivity contribution is 6.31. The van der Waals surface area contributed by atoms with Crippen LogP contribution >= 0.6 is 11.6 Å². The first-order valence-corrected chi connectivity index (χ1v) is 7.39. The summed E-state index contributed by atoms with van der Waals surface area (Å²) < 4.78 is 5.41. The number of halogens is 1. The lowest BCUT2D eigenvalue weighted by Crippen LogP contribution is -2.48. The molecular weight excluding hydrogens is 274 g/mol. The van der Waals surface area contributed by atoms with Gasteiger partial charge in [0.15, 0.2) is 0 Å². The minimum atomic E-state index is -0.414. The fraction of sp³-hybridized carbons (Fsp3) is 0.562. The van der Waals surface area contributed by atoms with E-state index in [1.165, 1.54) is 0 Å². The summed E-state index contributed by atoms with van der Waals surface area (Å²) in [6.07, 6.45) is 0.201. The Hall–Kier alpha value is -1.22. The largest absolute Gasteiger partial charge is 0.442 e. The molecule has 0 aliphatic rings. The maximum absolute atomic E-state index is 12.0. The molecule has 0 aliphatic carbocycles. The van der Waals surface area contributed by atoms with Gasteiger partial charge in [-0.05, 0) is 32.8 Å². The number of nitrogens with one attached hydrogen (secondary N) is 1. The summed E-state index contributed by atoms with van der Waals surface area (Å²) in [7, 11) is 0. The average molecular weight is 298 g/mol. The summed E-state index contributed by atoms with van der Waals surface area (Å²) >= 11 is 6.10. The summed E-state index contributed by atoms with van der Waals surface area (Å²) in [5, 5.41) is 3.53. The van der Waals surface area contributed by atoms with Gasteiger partial charge in [-0.2, -0.15) is 0 Å². The highest BCUT2D eigenvalue weighted by Gasteiger charge is 2.27. The second kappa shape index (κ2) is 6.98. The van der Waals surface area contributed by atoms with E-state index in [0.29, 0.717) is 10.9 Å². The normalized spacial score (nSPS) is 14.5. The van der Waals surface area contributed by atoms with Crippen molar-refractivity contribution in [2.45, 2.75) is 52.7 Å². The molecule has 0 saturated carbocycles. The van der Waals surface area contributed by atoms with E-state index in [2.05, 4.69) is 19.2 Å². The maximum Gasteiger partial charge on any atom is 0.408 e. The Morgan fingerprint density at radius 3 is 2.50 bits per heavy atom. The van der Waals surface area contributed by atoms with E-state index < -0.39 is 6.09 Å². The van der Waals surface area contributed by atoms with Crippen LogP contribution in [-0.4, -0.2) is 11.6 Å². The summed E-state index contributed by atoms with van der Waals surface area (Å²) in [6.45, 7) is 10.0. The van der Waals surface area contributed by atoms with Crippen LogP contribution in [0, 0.1) is 5.92 Å². The van der Waals surface area contributed by atoms with E-state index >= 15 is 0 Å². The molecule has 0 saturated heterocycles. The highest BCUT2D eigenvalue weighted by Crippen LogP contribution is 2.26. The van der Waals surface area contributed by atoms with Crippen LogP contribution in [-0.2, 0) is 4.74 Å². The molecule has 3 nitrogen and oxygen atoms in total. The van der Waals surface area contributed by atoms with E-state index in [9.17, 15) is 4.79 Å². The maximum atomic E-state index is 12.0. The van der Waals surface area contributed by atoms with Gasteiger partial charge < -0.3 is 10.1 Å². The number of amides is 1. The number of ether oxygens (including phenoxy) is 1. The number of hydrogen-bond donors (Lipinski definition) is 1. The quantitative estimate of drug-likeness (QED) is 0.835.